The molecule has 1 heterocycles. The Morgan fingerprint density at radius 2 is 1.89 bits per heavy atom. The van der Waals surface area contributed by atoms with Gasteiger partial charge in [0.2, 0.25) is 0 Å². The molecule has 0 spiro atoms. The molecule has 2 rings (SSSR count). The fourth-order valence-electron chi connectivity index (χ4n) is 1.45. The molecule has 0 aliphatic rings. The van der Waals surface area contributed by atoms with Crippen molar-refractivity contribution in [3.05, 3.63) is 41.3 Å². The van der Waals surface area contributed by atoms with Gasteiger partial charge in [-0.3, -0.25) is 4.79 Å². The number of esters is 1. The van der Waals surface area contributed by atoms with Crippen molar-refractivity contribution in [2.24, 2.45) is 5.73 Å². The average Bonchev–Trinajstić information content (AvgIpc) is 2.77. The van der Waals surface area contributed by atoms with Crippen LogP contribution < -0.4 is 10.5 Å². The Morgan fingerprint density at radius 3 is 2.39 bits per heavy atom. The van der Waals surface area contributed by atoms with E-state index in [9.17, 15) is 4.79 Å². The van der Waals surface area contributed by atoms with Gasteiger partial charge < -0.3 is 10.5 Å². The molecule has 0 atom stereocenters. The highest BCUT2D eigenvalue weighted by atomic mass is 35.5. The van der Waals surface area contributed by atoms with Crippen LogP contribution in [0, 0.1) is 6.92 Å². The van der Waals surface area contributed by atoms with Crippen LogP contribution in [0.3, 0.4) is 0 Å². The van der Waals surface area contributed by atoms with Crippen LogP contribution in [0.1, 0.15) is 4.88 Å². The number of thiophene rings is 1. The van der Waals surface area contributed by atoms with Gasteiger partial charge >= 0.3 is 5.97 Å². The molecular formula is C13H14ClNO2S. The Hall–Kier alpha value is -1.36. The Balaban J connectivity index is 0.00000162. The molecule has 18 heavy (non-hydrogen) atoms. The molecule has 2 aromatic rings. The van der Waals surface area contributed by atoms with Gasteiger partial charge in [0.15, 0.2) is 0 Å². The van der Waals surface area contributed by atoms with E-state index in [1.54, 1.807) is 23.5 Å². The Labute approximate surface area is 116 Å². The van der Waals surface area contributed by atoms with E-state index in [2.05, 4.69) is 19.1 Å². The van der Waals surface area contributed by atoms with E-state index < -0.39 is 5.97 Å². The fourth-order valence-corrected chi connectivity index (χ4v) is 2.32. The van der Waals surface area contributed by atoms with E-state index in [1.165, 1.54) is 9.75 Å². The number of ether oxygens (including phenoxy) is 1. The third-order valence-electron chi connectivity index (χ3n) is 2.28. The van der Waals surface area contributed by atoms with E-state index >= 15 is 0 Å². The topological polar surface area (TPSA) is 52.3 Å². The van der Waals surface area contributed by atoms with Crippen LogP contribution in [0.4, 0.5) is 0 Å². The molecule has 1 aromatic heterocycles. The van der Waals surface area contributed by atoms with E-state index in [4.69, 9.17) is 10.5 Å². The number of rotatable bonds is 3. The lowest BCUT2D eigenvalue weighted by atomic mass is 10.2. The molecule has 0 radical (unpaired) electrons. The monoisotopic (exact) mass is 283 g/mol. The molecule has 1 aromatic carbocycles. The number of carbonyl (C=O) groups excluding carboxylic acids is 1. The van der Waals surface area contributed by atoms with Crippen LogP contribution >= 0.6 is 23.7 Å². The second-order valence-corrected chi connectivity index (χ2v) is 4.90. The standard InChI is InChI=1S/C13H13NO2S.ClH/c1-9-2-7-12(17-9)10-3-5-11(6-4-10)16-13(15)8-14;/h2-7H,8,14H2,1H3;1H. The van der Waals surface area contributed by atoms with Gasteiger partial charge in [-0.2, -0.15) is 0 Å². The number of hydrogen-bond acceptors (Lipinski definition) is 4. The molecular weight excluding hydrogens is 270 g/mol. The van der Waals surface area contributed by atoms with Crippen LogP contribution in [0.15, 0.2) is 36.4 Å². The summed E-state index contributed by atoms with van der Waals surface area (Å²) in [6.45, 7) is 1.97. The van der Waals surface area contributed by atoms with Crippen molar-refractivity contribution in [3.8, 4) is 16.2 Å². The van der Waals surface area contributed by atoms with Crippen molar-refractivity contribution in [2.45, 2.75) is 6.92 Å². The predicted octanol–water partition coefficient (Wildman–Crippen LogP) is 3.01. The first kappa shape index (κ1) is 14.7. The highest BCUT2D eigenvalue weighted by Gasteiger charge is 2.03. The number of hydrogen-bond donors (Lipinski definition) is 1. The summed E-state index contributed by atoms with van der Waals surface area (Å²) in [5.41, 5.74) is 6.29. The van der Waals surface area contributed by atoms with Crippen molar-refractivity contribution >= 4 is 29.7 Å². The van der Waals surface area contributed by atoms with Crippen LogP contribution in [0.2, 0.25) is 0 Å². The van der Waals surface area contributed by atoms with Gasteiger partial charge in [0.1, 0.15) is 5.75 Å². The van der Waals surface area contributed by atoms with Crippen molar-refractivity contribution in [1.82, 2.24) is 0 Å². The van der Waals surface area contributed by atoms with Gasteiger partial charge in [-0.15, -0.1) is 23.7 Å². The van der Waals surface area contributed by atoms with Gasteiger partial charge in [-0.25, -0.2) is 0 Å². The molecule has 0 bridgehead atoms. The molecule has 0 fully saturated rings. The minimum Gasteiger partial charge on any atom is -0.426 e. The number of aryl methyl sites for hydroxylation is 1. The normalized spacial score (nSPS) is 9.67. The maximum atomic E-state index is 11.0. The molecule has 0 aliphatic heterocycles. The van der Waals surface area contributed by atoms with E-state index in [-0.39, 0.29) is 19.0 Å². The van der Waals surface area contributed by atoms with E-state index in [0.29, 0.717) is 5.75 Å². The lowest BCUT2D eigenvalue weighted by Crippen LogP contribution is -2.19. The highest BCUT2D eigenvalue weighted by Crippen LogP contribution is 2.28. The van der Waals surface area contributed by atoms with Gasteiger partial charge in [0.25, 0.3) is 0 Å². The zero-order valence-electron chi connectivity index (χ0n) is 9.88. The molecule has 0 saturated carbocycles. The maximum absolute atomic E-state index is 11.0. The number of benzene rings is 1. The molecule has 0 amide bonds. The number of nitrogens with two attached hydrogens (primary N) is 1. The Kier molecular flexibility index (Phi) is 5.34. The fraction of sp³-hybridized carbons (Fsp3) is 0.154. The van der Waals surface area contributed by atoms with Crippen LogP contribution in [0.25, 0.3) is 10.4 Å². The maximum Gasteiger partial charge on any atom is 0.325 e. The molecule has 2 N–H and O–H groups in total. The summed E-state index contributed by atoms with van der Waals surface area (Å²) in [6, 6.07) is 11.6. The second-order valence-electron chi connectivity index (χ2n) is 3.61. The molecule has 5 heteroatoms. The van der Waals surface area contributed by atoms with Crippen LogP contribution in [0.5, 0.6) is 5.75 Å². The average molecular weight is 284 g/mol. The zero-order valence-corrected chi connectivity index (χ0v) is 11.5. The van der Waals surface area contributed by atoms with Crippen molar-refractivity contribution < 1.29 is 9.53 Å². The smallest absolute Gasteiger partial charge is 0.325 e. The summed E-state index contributed by atoms with van der Waals surface area (Å²) in [5.74, 6) is 0.0993. The molecule has 0 saturated heterocycles. The van der Waals surface area contributed by atoms with Gasteiger partial charge in [-0.05, 0) is 48.9 Å². The van der Waals surface area contributed by atoms with Crippen molar-refractivity contribution in [2.75, 3.05) is 6.54 Å². The van der Waals surface area contributed by atoms with E-state index in [1.807, 2.05) is 12.1 Å². The third-order valence-corrected chi connectivity index (χ3v) is 3.33. The molecule has 96 valence electrons. The minimum absolute atomic E-state index is 0. The Morgan fingerprint density at radius 1 is 1.22 bits per heavy atom. The number of halogens is 1. The number of carbonyl (C=O) groups is 1. The first-order valence-electron chi connectivity index (χ1n) is 5.26. The van der Waals surface area contributed by atoms with Gasteiger partial charge in [0, 0.05) is 9.75 Å². The lowest BCUT2D eigenvalue weighted by Gasteiger charge is -2.03. The zero-order chi connectivity index (χ0) is 12.3. The van der Waals surface area contributed by atoms with E-state index in [0.717, 1.165) is 5.56 Å². The summed E-state index contributed by atoms with van der Waals surface area (Å²) < 4.78 is 5.00. The first-order chi connectivity index (χ1) is 8.19. The van der Waals surface area contributed by atoms with Gasteiger partial charge in [0.05, 0.1) is 6.54 Å². The summed E-state index contributed by atoms with van der Waals surface area (Å²) in [6.07, 6.45) is 0. The van der Waals surface area contributed by atoms with Crippen molar-refractivity contribution in [1.29, 1.82) is 0 Å². The molecule has 3 nitrogen and oxygen atoms in total. The molecule has 0 aliphatic carbocycles. The van der Waals surface area contributed by atoms with Gasteiger partial charge in [-0.1, -0.05) is 0 Å². The highest BCUT2D eigenvalue weighted by molar-refractivity contribution is 7.15. The first-order valence-corrected chi connectivity index (χ1v) is 6.08. The largest absolute Gasteiger partial charge is 0.426 e. The molecule has 0 unspecified atom stereocenters. The third kappa shape index (κ3) is 3.57. The summed E-state index contributed by atoms with van der Waals surface area (Å²) in [7, 11) is 0. The van der Waals surface area contributed by atoms with Crippen LogP contribution in [-0.2, 0) is 4.79 Å². The summed E-state index contributed by atoms with van der Waals surface area (Å²) in [4.78, 5) is 13.5. The van der Waals surface area contributed by atoms with Crippen molar-refractivity contribution in [3.63, 3.8) is 0 Å². The SMILES string of the molecule is Cc1ccc(-c2ccc(OC(=O)CN)cc2)s1.Cl. The second kappa shape index (κ2) is 6.54. The quantitative estimate of drug-likeness (QED) is 0.696. The Bertz CT molecular complexity index is 522. The van der Waals surface area contributed by atoms with Crippen LogP contribution in [-0.4, -0.2) is 12.5 Å². The lowest BCUT2D eigenvalue weighted by molar-refractivity contribution is -0.132. The predicted molar refractivity (Wildman–Crippen MR) is 76.4 cm³/mol. The summed E-state index contributed by atoms with van der Waals surface area (Å²) in [5, 5.41) is 0. The minimum atomic E-state index is -0.426. The summed E-state index contributed by atoms with van der Waals surface area (Å²) >= 11 is 1.74.